The number of hydrogen-bond acceptors (Lipinski definition) is 8. The van der Waals surface area contributed by atoms with Crippen molar-refractivity contribution in [2.75, 3.05) is 10.9 Å². The third-order valence-corrected chi connectivity index (χ3v) is 5.21. The van der Waals surface area contributed by atoms with E-state index >= 15 is 0 Å². The van der Waals surface area contributed by atoms with Crippen LogP contribution in [0.4, 0.5) is 11.4 Å². The minimum Gasteiger partial charge on any atom is -0.348 e. The molecule has 3 aromatic rings. The molecule has 10 nitrogen and oxygen atoms in total. The van der Waals surface area contributed by atoms with Crippen molar-refractivity contribution in [1.82, 2.24) is 9.13 Å². The summed E-state index contributed by atoms with van der Waals surface area (Å²) in [5.41, 5.74) is 5.39. The highest BCUT2D eigenvalue weighted by Crippen LogP contribution is 2.34. The van der Waals surface area contributed by atoms with Crippen LogP contribution >= 0.6 is 23.2 Å². The van der Waals surface area contributed by atoms with Gasteiger partial charge in [-0.15, -0.1) is 0 Å². The molecule has 0 amide bonds. The first-order valence-electron chi connectivity index (χ1n) is 9.55. The van der Waals surface area contributed by atoms with Gasteiger partial charge in [-0.2, -0.15) is 20.7 Å². The van der Waals surface area contributed by atoms with Crippen molar-refractivity contribution < 1.29 is 9.59 Å². The van der Waals surface area contributed by atoms with Crippen LogP contribution in [0.15, 0.2) is 59.0 Å². The van der Waals surface area contributed by atoms with Crippen molar-refractivity contribution in [3.05, 3.63) is 70.2 Å². The zero-order chi connectivity index (χ0) is 24.8. The third kappa shape index (κ3) is 5.15. The number of nitrogens with one attached hydrogen (secondary N) is 2. The van der Waals surface area contributed by atoms with Crippen LogP contribution in [-0.2, 0) is 14.1 Å². The Hall–Kier alpha value is -4.38. The Balaban J connectivity index is 1.79. The van der Waals surface area contributed by atoms with Crippen LogP contribution in [0.1, 0.15) is 21.0 Å². The predicted molar refractivity (Wildman–Crippen MR) is 129 cm³/mol. The monoisotopic (exact) mass is 494 g/mol. The molecule has 34 heavy (non-hydrogen) atoms. The highest BCUT2D eigenvalue weighted by atomic mass is 35.5. The Morgan fingerprint density at radius 1 is 0.853 bits per heavy atom. The van der Waals surface area contributed by atoms with E-state index in [9.17, 15) is 20.1 Å². The number of aromatic nitrogens is 2. The maximum absolute atomic E-state index is 12.5. The van der Waals surface area contributed by atoms with E-state index in [1.54, 1.807) is 72.0 Å². The van der Waals surface area contributed by atoms with Gasteiger partial charge in [0.1, 0.15) is 12.1 Å². The summed E-state index contributed by atoms with van der Waals surface area (Å²) in [6, 6.07) is 12.8. The molecule has 0 atom stereocenters. The summed E-state index contributed by atoms with van der Waals surface area (Å²) in [6.45, 7) is 0. The predicted octanol–water partition coefficient (Wildman–Crippen LogP) is 4.02. The van der Waals surface area contributed by atoms with E-state index in [2.05, 4.69) is 21.1 Å². The number of ketones is 2. The largest absolute Gasteiger partial charge is 0.348 e. The lowest BCUT2D eigenvalue weighted by atomic mass is 10.2. The zero-order valence-electron chi connectivity index (χ0n) is 17.9. The van der Waals surface area contributed by atoms with Gasteiger partial charge >= 0.3 is 0 Å². The summed E-state index contributed by atoms with van der Waals surface area (Å²) in [6.07, 6.45) is 3.34. The first kappa shape index (κ1) is 24.3. The van der Waals surface area contributed by atoms with Crippen molar-refractivity contribution in [1.29, 1.82) is 10.5 Å². The number of rotatable bonds is 8. The van der Waals surface area contributed by atoms with Crippen molar-refractivity contribution in [3.8, 4) is 12.1 Å². The molecule has 1 aromatic carbocycles. The van der Waals surface area contributed by atoms with Crippen molar-refractivity contribution >= 4 is 57.6 Å². The molecule has 2 heterocycles. The normalized spacial score (nSPS) is 11.5. The van der Waals surface area contributed by atoms with Crippen LogP contribution in [0.5, 0.6) is 0 Å². The van der Waals surface area contributed by atoms with E-state index in [0.717, 1.165) is 0 Å². The van der Waals surface area contributed by atoms with Gasteiger partial charge in [0.25, 0.3) is 0 Å². The maximum Gasteiger partial charge on any atom is 0.240 e. The molecule has 0 spiro atoms. The van der Waals surface area contributed by atoms with Crippen LogP contribution in [-0.4, -0.2) is 32.1 Å². The van der Waals surface area contributed by atoms with Crippen LogP contribution in [0.25, 0.3) is 0 Å². The Bertz CT molecular complexity index is 1400. The van der Waals surface area contributed by atoms with Crippen molar-refractivity contribution in [3.63, 3.8) is 0 Å². The van der Waals surface area contributed by atoms with Gasteiger partial charge in [0, 0.05) is 26.5 Å². The van der Waals surface area contributed by atoms with Gasteiger partial charge in [-0.1, -0.05) is 23.2 Å². The molecule has 0 aliphatic rings. The highest BCUT2D eigenvalue weighted by Gasteiger charge is 2.18. The van der Waals surface area contributed by atoms with Gasteiger partial charge in [0.2, 0.25) is 23.0 Å². The van der Waals surface area contributed by atoms with Crippen LogP contribution in [0, 0.1) is 22.7 Å². The molecule has 2 aromatic heterocycles. The molecule has 12 heteroatoms. The lowest BCUT2D eigenvalue weighted by Gasteiger charge is -2.10. The fraction of sp³-hybridized carbons (Fsp3) is 0.0909. The molecule has 3 rings (SSSR count). The molecule has 0 fully saturated rings. The summed E-state index contributed by atoms with van der Waals surface area (Å²) in [4.78, 5) is 24.9. The average molecular weight is 495 g/mol. The summed E-state index contributed by atoms with van der Waals surface area (Å²) < 4.78 is 3.14. The van der Waals surface area contributed by atoms with E-state index in [1.165, 1.54) is 12.1 Å². The zero-order valence-corrected chi connectivity index (χ0v) is 19.4. The van der Waals surface area contributed by atoms with E-state index in [-0.39, 0.29) is 32.8 Å². The van der Waals surface area contributed by atoms with E-state index in [0.29, 0.717) is 5.69 Å². The topological polar surface area (TPSA) is 140 Å². The van der Waals surface area contributed by atoms with Crippen molar-refractivity contribution in [2.24, 2.45) is 24.3 Å². The van der Waals surface area contributed by atoms with E-state index in [1.807, 2.05) is 0 Å². The fourth-order valence-electron chi connectivity index (χ4n) is 2.87. The minimum atomic E-state index is -0.575. The van der Waals surface area contributed by atoms with Crippen LogP contribution in [0.2, 0.25) is 10.0 Å². The van der Waals surface area contributed by atoms with Gasteiger partial charge in [-0.3, -0.25) is 20.4 Å². The maximum atomic E-state index is 12.5. The van der Waals surface area contributed by atoms with Crippen molar-refractivity contribution in [2.45, 2.75) is 0 Å². The molecule has 0 aliphatic carbocycles. The molecule has 170 valence electrons. The summed E-state index contributed by atoms with van der Waals surface area (Å²) in [5.74, 6) is -1.13. The van der Waals surface area contributed by atoms with Crippen LogP contribution in [0.3, 0.4) is 0 Å². The van der Waals surface area contributed by atoms with Gasteiger partial charge in [0.05, 0.1) is 32.8 Å². The molecule has 0 bridgehead atoms. The number of halogens is 2. The number of carbonyl (C=O) groups is 2. The number of Topliss-reactive ketones (excluding diaryl/α,β-unsaturated/α-hetero) is 2. The molecule has 0 saturated carbocycles. The second-order valence-corrected chi connectivity index (χ2v) is 7.66. The average Bonchev–Trinajstić information content (AvgIpc) is 3.43. The quantitative estimate of drug-likeness (QED) is 0.275. The number of aryl methyl sites for hydroxylation is 2. The second-order valence-electron chi connectivity index (χ2n) is 6.85. The number of nitrogens with zero attached hydrogens (tertiary/aromatic N) is 6. The number of benzene rings is 1. The Morgan fingerprint density at radius 2 is 1.29 bits per heavy atom. The molecule has 0 radical (unpaired) electrons. The highest BCUT2D eigenvalue weighted by molar-refractivity contribution is 6.51. The SMILES string of the molecule is Cn1cccc1C(=O)/C(C#N)=N\Nc1cc(Cl)c(N/N=C(/C#N)C(=O)c2cccn2C)c(Cl)c1. The summed E-state index contributed by atoms with van der Waals surface area (Å²) in [7, 11) is 3.34. The van der Waals surface area contributed by atoms with Gasteiger partial charge < -0.3 is 9.13 Å². The molecule has 0 saturated heterocycles. The van der Waals surface area contributed by atoms with Gasteiger partial charge in [-0.25, -0.2) is 0 Å². The molecule has 0 aliphatic heterocycles. The summed E-state index contributed by atoms with van der Waals surface area (Å²) in [5, 5.41) is 26.5. The third-order valence-electron chi connectivity index (χ3n) is 4.61. The number of anilines is 2. The number of hydrazone groups is 2. The van der Waals surface area contributed by atoms with Crippen LogP contribution < -0.4 is 10.9 Å². The second kappa shape index (κ2) is 10.5. The number of carbonyl (C=O) groups excluding carboxylic acids is 2. The number of hydrogen-bond donors (Lipinski definition) is 2. The molecule has 2 N–H and O–H groups in total. The van der Waals surface area contributed by atoms with E-state index in [4.69, 9.17) is 23.2 Å². The first-order valence-corrected chi connectivity index (χ1v) is 10.3. The van der Waals surface area contributed by atoms with E-state index < -0.39 is 17.3 Å². The number of nitriles is 2. The lowest BCUT2D eigenvalue weighted by Crippen LogP contribution is -2.17. The molecule has 0 unspecified atom stereocenters. The smallest absolute Gasteiger partial charge is 0.240 e. The molecular formula is C22H16Cl2N8O2. The minimum absolute atomic E-state index is 0.0878. The van der Waals surface area contributed by atoms with Gasteiger partial charge in [0.15, 0.2) is 0 Å². The standard InChI is InChI=1S/C22H16Cl2N8O2/c1-31-7-3-5-18(31)21(33)16(11-25)28-27-13-9-14(23)20(15(24)10-13)30-29-17(12-26)22(34)19-6-4-8-32(19)2/h3-10,27,30H,1-2H3/b28-16-,29-17-. The molecular weight excluding hydrogens is 479 g/mol. The fourth-order valence-corrected chi connectivity index (χ4v) is 3.44. The first-order chi connectivity index (χ1) is 16.3. The van der Waals surface area contributed by atoms with Gasteiger partial charge in [-0.05, 0) is 36.4 Å². The Labute approximate surface area is 204 Å². The Kier molecular flexibility index (Phi) is 7.49. The Morgan fingerprint density at radius 3 is 1.68 bits per heavy atom. The summed E-state index contributed by atoms with van der Waals surface area (Å²) >= 11 is 12.5. The lowest BCUT2D eigenvalue weighted by molar-refractivity contribution is 0.105.